The Morgan fingerprint density at radius 1 is 1.42 bits per heavy atom. The molecular formula is C13H14N2O4. The smallest absolute Gasteiger partial charge is 0.332 e. The summed E-state index contributed by atoms with van der Waals surface area (Å²) >= 11 is 0. The molecule has 0 aliphatic heterocycles. The van der Waals surface area contributed by atoms with Crippen LogP contribution in [0.2, 0.25) is 0 Å². The highest BCUT2D eigenvalue weighted by Gasteiger charge is 2.18. The molecule has 0 saturated heterocycles. The van der Waals surface area contributed by atoms with Crippen LogP contribution in [0.15, 0.2) is 30.3 Å². The van der Waals surface area contributed by atoms with Crippen LogP contribution in [0.25, 0.3) is 0 Å². The Balaban J connectivity index is 2.70. The molecule has 0 aromatic heterocycles. The lowest BCUT2D eigenvalue weighted by Crippen LogP contribution is -2.36. The molecule has 0 saturated carbocycles. The molecular weight excluding hydrogens is 248 g/mol. The minimum atomic E-state index is -1.14. The van der Waals surface area contributed by atoms with Gasteiger partial charge in [-0.25, -0.2) is 4.79 Å². The number of carboxylic acids is 1. The molecule has 6 nitrogen and oxygen atoms in total. The molecule has 1 N–H and O–H groups in total. The van der Waals surface area contributed by atoms with Gasteiger partial charge in [0.05, 0.1) is 6.07 Å². The molecule has 1 atom stereocenters. The first-order valence-corrected chi connectivity index (χ1v) is 5.63. The highest BCUT2D eigenvalue weighted by molar-refractivity contribution is 5.94. The molecule has 0 heterocycles. The normalized spacial score (nSPS) is 11.4. The Bertz CT molecular complexity index is 481. The Kier molecular flexibility index (Phi) is 5.51. The van der Waals surface area contributed by atoms with E-state index in [1.165, 1.54) is 11.8 Å². The van der Waals surface area contributed by atoms with E-state index in [1.54, 1.807) is 30.3 Å². The van der Waals surface area contributed by atoms with Crippen LogP contribution in [0, 0.1) is 11.3 Å². The Morgan fingerprint density at radius 2 is 2.05 bits per heavy atom. The van der Waals surface area contributed by atoms with Crippen molar-refractivity contribution in [2.24, 2.45) is 0 Å². The summed E-state index contributed by atoms with van der Waals surface area (Å²) in [7, 11) is 0. The summed E-state index contributed by atoms with van der Waals surface area (Å²) in [6.45, 7) is 0.838. The van der Waals surface area contributed by atoms with Gasteiger partial charge in [0, 0.05) is 5.69 Å². The van der Waals surface area contributed by atoms with E-state index in [9.17, 15) is 9.59 Å². The predicted molar refractivity (Wildman–Crippen MR) is 67.5 cm³/mol. The third kappa shape index (κ3) is 4.41. The number of carbonyl (C=O) groups is 2. The number of carboxylic acid groups (broad SMARTS) is 1. The van der Waals surface area contributed by atoms with E-state index >= 15 is 0 Å². The summed E-state index contributed by atoms with van der Waals surface area (Å²) in [5, 5.41) is 17.4. The van der Waals surface area contributed by atoms with Gasteiger partial charge in [0.15, 0.2) is 6.10 Å². The van der Waals surface area contributed by atoms with Crippen LogP contribution in [0.1, 0.15) is 6.92 Å². The molecule has 0 bridgehead atoms. The zero-order valence-electron chi connectivity index (χ0n) is 10.4. The van der Waals surface area contributed by atoms with Gasteiger partial charge in [-0.1, -0.05) is 18.2 Å². The largest absolute Gasteiger partial charge is 0.479 e. The molecule has 0 aliphatic rings. The maximum atomic E-state index is 11.9. The molecule has 100 valence electrons. The minimum absolute atomic E-state index is 0.117. The van der Waals surface area contributed by atoms with Gasteiger partial charge in [-0.15, -0.1) is 0 Å². The topological polar surface area (TPSA) is 90.6 Å². The van der Waals surface area contributed by atoms with Gasteiger partial charge in [-0.3, -0.25) is 9.69 Å². The number of amides is 1. The van der Waals surface area contributed by atoms with E-state index in [1.807, 2.05) is 6.07 Å². The van der Waals surface area contributed by atoms with Crippen molar-refractivity contribution in [3.05, 3.63) is 30.3 Å². The number of aliphatic carboxylic acids is 1. The van der Waals surface area contributed by atoms with Gasteiger partial charge in [-0.2, -0.15) is 5.26 Å². The SMILES string of the molecule is C[C@@H](OCC(=O)N(CC#N)c1ccccc1)C(=O)O. The second-order valence-electron chi connectivity index (χ2n) is 3.77. The van der Waals surface area contributed by atoms with E-state index < -0.39 is 18.0 Å². The Hall–Kier alpha value is -2.39. The average molecular weight is 262 g/mol. The standard InChI is InChI=1S/C13H14N2O4/c1-10(13(17)18)19-9-12(16)15(8-7-14)11-5-3-2-4-6-11/h2-6,10H,8-9H2,1H3,(H,17,18)/t10-/m1/s1. The van der Waals surface area contributed by atoms with Crippen molar-refractivity contribution < 1.29 is 19.4 Å². The van der Waals surface area contributed by atoms with Crippen molar-refractivity contribution in [2.45, 2.75) is 13.0 Å². The van der Waals surface area contributed by atoms with Crippen LogP contribution in [-0.2, 0) is 14.3 Å². The van der Waals surface area contributed by atoms with E-state index in [2.05, 4.69) is 0 Å². The number of ether oxygens (including phenoxy) is 1. The lowest BCUT2D eigenvalue weighted by atomic mass is 10.3. The van der Waals surface area contributed by atoms with Crippen LogP contribution in [-0.4, -0.2) is 36.2 Å². The predicted octanol–water partition coefficient (Wildman–Crippen LogP) is 1.03. The Morgan fingerprint density at radius 3 is 2.58 bits per heavy atom. The summed E-state index contributed by atoms with van der Waals surface area (Å²) in [5.74, 6) is -1.60. The van der Waals surface area contributed by atoms with Gasteiger partial charge < -0.3 is 9.84 Å². The van der Waals surface area contributed by atoms with Gasteiger partial charge in [0.1, 0.15) is 13.2 Å². The first kappa shape index (κ1) is 14.7. The van der Waals surface area contributed by atoms with Crippen molar-refractivity contribution in [2.75, 3.05) is 18.1 Å². The molecule has 19 heavy (non-hydrogen) atoms. The zero-order chi connectivity index (χ0) is 14.3. The molecule has 6 heteroatoms. The third-order valence-electron chi connectivity index (χ3n) is 2.40. The van der Waals surface area contributed by atoms with Crippen LogP contribution < -0.4 is 4.90 Å². The van der Waals surface area contributed by atoms with Crippen molar-refractivity contribution in [1.29, 1.82) is 5.26 Å². The van der Waals surface area contributed by atoms with Gasteiger partial charge >= 0.3 is 5.97 Å². The number of nitriles is 1. The monoisotopic (exact) mass is 262 g/mol. The number of hydrogen-bond acceptors (Lipinski definition) is 4. The third-order valence-corrected chi connectivity index (χ3v) is 2.40. The van der Waals surface area contributed by atoms with Gasteiger partial charge in [0.25, 0.3) is 5.91 Å². The second kappa shape index (κ2) is 7.13. The first-order chi connectivity index (χ1) is 9.06. The van der Waals surface area contributed by atoms with Crippen molar-refractivity contribution in [3.63, 3.8) is 0 Å². The lowest BCUT2D eigenvalue weighted by molar-refractivity contribution is -0.150. The van der Waals surface area contributed by atoms with E-state index in [-0.39, 0.29) is 13.2 Å². The van der Waals surface area contributed by atoms with Crippen LogP contribution in [0.4, 0.5) is 5.69 Å². The summed E-state index contributed by atoms with van der Waals surface area (Å²) in [6.07, 6.45) is -1.07. The second-order valence-corrected chi connectivity index (χ2v) is 3.77. The van der Waals surface area contributed by atoms with Crippen molar-refractivity contribution >= 4 is 17.6 Å². The number of nitrogens with zero attached hydrogens (tertiary/aromatic N) is 2. The average Bonchev–Trinajstić information content (AvgIpc) is 2.42. The van der Waals surface area contributed by atoms with Crippen LogP contribution in [0.3, 0.4) is 0 Å². The maximum Gasteiger partial charge on any atom is 0.332 e. The molecule has 0 aliphatic carbocycles. The number of benzene rings is 1. The molecule has 1 aromatic carbocycles. The maximum absolute atomic E-state index is 11.9. The fourth-order valence-electron chi connectivity index (χ4n) is 1.35. The number of hydrogen-bond donors (Lipinski definition) is 1. The van der Waals surface area contributed by atoms with E-state index in [0.29, 0.717) is 5.69 Å². The molecule has 0 fully saturated rings. The fourth-order valence-corrected chi connectivity index (χ4v) is 1.35. The summed E-state index contributed by atoms with van der Waals surface area (Å²) in [6, 6.07) is 10.6. The molecule has 1 aromatic rings. The van der Waals surface area contributed by atoms with Gasteiger partial charge in [0.2, 0.25) is 0 Å². The van der Waals surface area contributed by atoms with E-state index in [4.69, 9.17) is 15.1 Å². The molecule has 1 rings (SSSR count). The van der Waals surface area contributed by atoms with Gasteiger partial charge in [-0.05, 0) is 19.1 Å². The van der Waals surface area contributed by atoms with Crippen LogP contribution in [0.5, 0.6) is 0 Å². The highest BCUT2D eigenvalue weighted by atomic mass is 16.5. The fraction of sp³-hybridized carbons (Fsp3) is 0.308. The number of carbonyl (C=O) groups excluding carboxylic acids is 1. The quantitative estimate of drug-likeness (QED) is 0.773. The lowest BCUT2D eigenvalue weighted by Gasteiger charge is -2.20. The number of rotatable bonds is 6. The number of anilines is 1. The molecule has 0 unspecified atom stereocenters. The zero-order valence-corrected chi connectivity index (χ0v) is 10.4. The highest BCUT2D eigenvalue weighted by Crippen LogP contribution is 2.13. The van der Waals surface area contributed by atoms with E-state index in [0.717, 1.165) is 0 Å². The molecule has 0 spiro atoms. The summed E-state index contributed by atoms with van der Waals surface area (Å²) < 4.78 is 4.91. The van der Waals surface area contributed by atoms with Crippen LogP contribution >= 0.6 is 0 Å². The summed E-state index contributed by atoms with van der Waals surface area (Å²) in [4.78, 5) is 23.7. The minimum Gasteiger partial charge on any atom is -0.479 e. The first-order valence-electron chi connectivity index (χ1n) is 5.63. The van der Waals surface area contributed by atoms with Crippen molar-refractivity contribution in [1.82, 2.24) is 0 Å². The summed E-state index contributed by atoms with van der Waals surface area (Å²) in [5.41, 5.74) is 0.570. The number of para-hydroxylation sites is 1. The Labute approximate surface area is 110 Å². The van der Waals surface area contributed by atoms with Crippen molar-refractivity contribution in [3.8, 4) is 6.07 Å². The molecule has 0 radical (unpaired) electrons. The molecule has 1 amide bonds.